The highest BCUT2D eigenvalue weighted by Gasteiger charge is 2.50. The molecule has 0 spiro atoms. The molecule has 3 rings (SSSR count). The summed E-state index contributed by atoms with van der Waals surface area (Å²) in [5.74, 6) is -3.22. The first-order valence-corrected chi connectivity index (χ1v) is 17.4. The van der Waals surface area contributed by atoms with Crippen LogP contribution in [0.5, 0.6) is 0 Å². The molecule has 0 aliphatic carbocycles. The topological polar surface area (TPSA) is 115 Å². The number of allylic oxidation sites excluding steroid dienone is 2. The molecule has 1 fully saturated rings. The standard InChI is InChI=1S/C15H20FNO3.C12H15BrFNO3.C9H17BO2.CH4/c1-5-7-11-8-12(16)14(18)17(9-11)13(10(3)4)15(19)20-6-2;1-4-18-12(17)10(7(2)3)15-6-8(13)5-9(14)11(15)16;1-6-7-10-11-8(2,3)9(4,5)12-10;/h5,8-10,13H,1,6-7H2,2-4H3;5-7,10H,4H2,1-3H3;6H,1,7H2,2-5H3;1H4. The van der Waals surface area contributed by atoms with Crippen molar-refractivity contribution in [2.24, 2.45) is 11.8 Å². The van der Waals surface area contributed by atoms with Crippen LogP contribution in [0.25, 0.3) is 0 Å². The number of aromatic nitrogens is 2. The fourth-order valence-corrected chi connectivity index (χ4v) is 5.34. The molecular formula is C37H56BBrF2N2O8. The Morgan fingerprint density at radius 2 is 1.25 bits per heavy atom. The van der Waals surface area contributed by atoms with Gasteiger partial charge in [-0.25, -0.2) is 18.4 Å². The van der Waals surface area contributed by atoms with Crippen LogP contribution in [0.1, 0.15) is 94.3 Å². The van der Waals surface area contributed by atoms with Crippen molar-refractivity contribution in [3.8, 4) is 0 Å². The lowest BCUT2D eigenvalue weighted by molar-refractivity contribution is -0.149. The molecule has 2 unspecified atom stereocenters. The van der Waals surface area contributed by atoms with E-state index >= 15 is 0 Å². The molecule has 1 aliphatic heterocycles. The van der Waals surface area contributed by atoms with Crippen molar-refractivity contribution in [1.82, 2.24) is 9.13 Å². The summed E-state index contributed by atoms with van der Waals surface area (Å²) < 4.78 is 51.0. The number of hydrogen-bond donors (Lipinski definition) is 0. The smallest absolute Gasteiger partial charge is 0.461 e. The second kappa shape index (κ2) is 21.2. The predicted octanol–water partition coefficient (Wildman–Crippen LogP) is 7.89. The van der Waals surface area contributed by atoms with Gasteiger partial charge in [0, 0.05) is 23.2 Å². The Morgan fingerprint density at radius 3 is 1.63 bits per heavy atom. The van der Waals surface area contributed by atoms with Crippen LogP contribution in [0.4, 0.5) is 8.78 Å². The molecule has 51 heavy (non-hydrogen) atoms. The summed E-state index contributed by atoms with van der Waals surface area (Å²) in [5.41, 5.74) is -1.47. The molecule has 1 saturated heterocycles. The van der Waals surface area contributed by atoms with E-state index < -0.39 is 46.8 Å². The monoisotopic (exact) mass is 784 g/mol. The van der Waals surface area contributed by atoms with Gasteiger partial charge in [0.05, 0.1) is 24.4 Å². The van der Waals surface area contributed by atoms with Crippen LogP contribution in [0.3, 0.4) is 0 Å². The van der Waals surface area contributed by atoms with Crippen molar-refractivity contribution in [1.29, 1.82) is 0 Å². The third-order valence-electron chi connectivity index (χ3n) is 7.98. The second-order valence-electron chi connectivity index (χ2n) is 13.2. The average molecular weight is 786 g/mol. The molecule has 0 radical (unpaired) electrons. The minimum Gasteiger partial charge on any atom is -0.464 e. The maximum atomic E-state index is 13.7. The van der Waals surface area contributed by atoms with E-state index in [0.29, 0.717) is 16.5 Å². The van der Waals surface area contributed by atoms with Crippen molar-refractivity contribution in [3.63, 3.8) is 0 Å². The molecule has 0 amide bonds. The van der Waals surface area contributed by atoms with Gasteiger partial charge in [0.2, 0.25) is 0 Å². The lowest BCUT2D eigenvalue weighted by atomic mass is 9.85. The van der Waals surface area contributed by atoms with Crippen LogP contribution in [-0.4, -0.2) is 52.6 Å². The van der Waals surface area contributed by atoms with Gasteiger partial charge in [-0.2, -0.15) is 0 Å². The molecule has 0 saturated carbocycles. The zero-order chi connectivity index (χ0) is 38.6. The zero-order valence-corrected chi connectivity index (χ0v) is 32.5. The molecule has 10 nitrogen and oxygen atoms in total. The molecule has 14 heteroatoms. The Morgan fingerprint density at radius 1 is 0.843 bits per heavy atom. The number of ether oxygens (including phenoxy) is 2. The van der Waals surface area contributed by atoms with E-state index in [1.54, 1.807) is 47.6 Å². The molecule has 286 valence electrons. The molecule has 2 aromatic rings. The molecule has 3 heterocycles. The van der Waals surface area contributed by atoms with Crippen LogP contribution in [0, 0.1) is 23.5 Å². The van der Waals surface area contributed by atoms with E-state index in [1.807, 2.05) is 6.08 Å². The van der Waals surface area contributed by atoms with E-state index in [2.05, 4.69) is 56.8 Å². The Bertz CT molecular complexity index is 1570. The number of esters is 2. The second-order valence-corrected chi connectivity index (χ2v) is 14.1. The Labute approximate surface area is 310 Å². The van der Waals surface area contributed by atoms with Crippen molar-refractivity contribution in [2.75, 3.05) is 13.2 Å². The summed E-state index contributed by atoms with van der Waals surface area (Å²) in [6.07, 6.45) is 7.50. The lowest BCUT2D eigenvalue weighted by Gasteiger charge is -2.32. The minimum absolute atomic E-state index is 0. The van der Waals surface area contributed by atoms with Crippen molar-refractivity contribution < 1.29 is 37.2 Å². The first kappa shape index (κ1) is 47.6. The van der Waals surface area contributed by atoms with Crippen LogP contribution < -0.4 is 11.1 Å². The van der Waals surface area contributed by atoms with Crippen LogP contribution in [0.15, 0.2) is 63.9 Å². The predicted molar refractivity (Wildman–Crippen MR) is 202 cm³/mol. The van der Waals surface area contributed by atoms with Crippen LogP contribution in [-0.2, 0) is 34.8 Å². The molecule has 0 aromatic carbocycles. The summed E-state index contributed by atoms with van der Waals surface area (Å²) in [6, 6.07) is 0.580. The number of hydrogen-bond acceptors (Lipinski definition) is 8. The molecule has 0 bridgehead atoms. The average Bonchev–Trinajstić information content (AvgIpc) is 3.20. The largest absolute Gasteiger partial charge is 0.464 e. The zero-order valence-electron chi connectivity index (χ0n) is 30.9. The quantitative estimate of drug-likeness (QED) is 0.121. The highest BCUT2D eigenvalue weighted by Crippen LogP contribution is 2.37. The third kappa shape index (κ3) is 13.3. The molecule has 1 aliphatic rings. The van der Waals surface area contributed by atoms with Crippen molar-refractivity contribution in [3.05, 3.63) is 92.2 Å². The highest BCUT2D eigenvalue weighted by atomic mass is 79.9. The summed E-state index contributed by atoms with van der Waals surface area (Å²) in [6.45, 7) is 26.4. The summed E-state index contributed by atoms with van der Waals surface area (Å²) in [4.78, 5) is 47.5. The number of rotatable bonds is 12. The maximum Gasteiger partial charge on any atom is 0.461 e. The van der Waals surface area contributed by atoms with Gasteiger partial charge in [0.1, 0.15) is 12.1 Å². The molecular weight excluding hydrogens is 729 g/mol. The van der Waals surface area contributed by atoms with E-state index in [-0.39, 0.29) is 50.8 Å². The third-order valence-corrected chi connectivity index (χ3v) is 8.42. The Kier molecular flexibility index (Phi) is 19.8. The van der Waals surface area contributed by atoms with Gasteiger partial charge < -0.3 is 18.8 Å². The Balaban J connectivity index is 0.000000749. The number of carbonyl (C=O) groups excluding carboxylic acids is 2. The molecule has 0 N–H and O–H groups in total. The molecule has 2 atom stereocenters. The maximum absolute atomic E-state index is 13.7. The van der Waals surface area contributed by atoms with Gasteiger partial charge in [0.25, 0.3) is 11.1 Å². The summed E-state index contributed by atoms with van der Waals surface area (Å²) in [5, 5.41) is 0. The van der Waals surface area contributed by atoms with Crippen LogP contribution in [0.2, 0.25) is 6.32 Å². The minimum atomic E-state index is -0.903. The Hall–Kier alpha value is -3.36. The van der Waals surface area contributed by atoms with Crippen LogP contribution >= 0.6 is 15.9 Å². The van der Waals surface area contributed by atoms with Gasteiger partial charge in [-0.1, -0.05) is 47.3 Å². The summed E-state index contributed by atoms with van der Waals surface area (Å²) in [7, 11) is -0.118. The van der Waals surface area contributed by atoms with Gasteiger partial charge in [-0.05, 0) is 93.4 Å². The number of pyridine rings is 2. The van der Waals surface area contributed by atoms with Gasteiger partial charge in [0.15, 0.2) is 11.6 Å². The van der Waals surface area contributed by atoms with Crippen molar-refractivity contribution in [2.45, 2.75) is 113 Å². The number of halogens is 3. The first-order valence-electron chi connectivity index (χ1n) is 16.6. The fraction of sp³-hybridized carbons (Fsp3) is 0.568. The van der Waals surface area contributed by atoms with Gasteiger partial charge >= 0.3 is 19.1 Å². The van der Waals surface area contributed by atoms with E-state index in [0.717, 1.165) is 21.5 Å². The van der Waals surface area contributed by atoms with Crippen molar-refractivity contribution >= 4 is 35.0 Å². The first-order chi connectivity index (χ1) is 23.2. The molecule has 2 aromatic heterocycles. The SMILES string of the molecule is C.C=CCB1OC(C)(C)C(C)(C)O1.C=CCc1cc(F)c(=O)n(C(C(=O)OCC)C(C)C)c1.CCOC(=O)C(C(C)C)n1cc(Br)cc(F)c1=O. The fourth-order valence-electron chi connectivity index (χ4n) is 4.92. The highest BCUT2D eigenvalue weighted by molar-refractivity contribution is 9.10. The number of carbonyl (C=O) groups is 2. The normalized spacial score (nSPS) is 15.3. The lowest BCUT2D eigenvalue weighted by Crippen LogP contribution is -2.41. The van der Waals surface area contributed by atoms with E-state index in [4.69, 9.17) is 18.8 Å². The van der Waals surface area contributed by atoms with Gasteiger partial charge in [-0.15, -0.1) is 13.2 Å². The van der Waals surface area contributed by atoms with E-state index in [1.165, 1.54) is 18.5 Å². The van der Waals surface area contributed by atoms with Gasteiger partial charge in [-0.3, -0.25) is 18.7 Å². The number of nitrogens with zero attached hydrogens (tertiary/aromatic N) is 2. The van der Waals surface area contributed by atoms with E-state index in [9.17, 15) is 28.0 Å². The summed E-state index contributed by atoms with van der Waals surface area (Å²) >= 11 is 3.10.